The summed E-state index contributed by atoms with van der Waals surface area (Å²) in [5, 5.41) is 12.4. The van der Waals surface area contributed by atoms with Crippen LogP contribution < -0.4 is 9.03 Å². The van der Waals surface area contributed by atoms with Crippen molar-refractivity contribution in [2.75, 3.05) is 22.9 Å². The molecule has 17 nitrogen and oxygen atoms in total. The normalized spacial score (nSPS) is 12.2. The van der Waals surface area contributed by atoms with Crippen LogP contribution in [-0.4, -0.2) is 82.6 Å². The molecule has 0 saturated heterocycles. The quantitative estimate of drug-likeness (QED) is 0.0591. The fourth-order valence-electron chi connectivity index (χ4n) is 6.59. The summed E-state index contributed by atoms with van der Waals surface area (Å²) in [6.45, 7) is 2.62. The molecule has 0 aliphatic heterocycles. The number of aryl methyl sites for hydroxylation is 2. The number of aromatic amines is 2. The molecule has 0 radical (unpaired) electrons. The van der Waals surface area contributed by atoms with Crippen LogP contribution in [0.5, 0.6) is 0 Å². The highest BCUT2D eigenvalue weighted by atomic mass is 35.5. The molecular weight excluding hydrogens is 1010 g/mol. The fraction of sp³-hybridized carbons (Fsp3) is 0.143. The molecule has 358 valence electrons. The lowest BCUT2D eigenvalue weighted by molar-refractivity contribution is -0.138. The smallest absolute Gasteiger partial charge is 0.363 e. The van der Waals surface area contributed by atoms with Gasteiger partial charge in [0.25, 0.3) is 20.0 Å². The lowest BCUT2D eigenvalue weighted by Gasteiger charge is -2.26. The fourth-order valence-corrected chi connectivity index (χ4v) is 9.52. The first kappa shape index (κ1) is 49.8. The zero-order valence-corrected chi connectivity index (χ0v) is 38.4. The second-order valence-corrected chi connectivity index (χ2v) is 18.9. The molecule has 0 spiro atoms. The number of H-pyrrole nitrogens is 2. The monoisotopic (exact) mass is 1030 g/mol. The Morgan fingerprint density at radius 2 is 1.14 bits per heavy atom. The van der Waals surface area contributed by atoms with Gasteiger partial charge in [0.2, 0.25) is 11.6 Å². The molecule has 0 bridgehead atoms. The summed E-state index contributed by atoms with van der Waals surface area (Å²) < 4.78 is 141. The number of ketones is 2. The summed E-state index contributed by atoms with van der Waals surface area (Å²) in [6.07, 6.45) is -1.49. The number of hydrogen-bond acceptors (Lipinski definition) is 13. The Hall–Kier alpha value is -7.06. The van der Waals surface area contributed by atoms with Gasteiger partial charge in [-0.25, -0.2) is 31.1 Å². The maximum absolute atomic E-state index is 13.6. The van der Waals surface area contributed by atoms with Crippen LogP contribution in [0.4, 0.5) is 37.7 Å². The Morgan fingerprint density at radius 3 is 1.67 bits per heavy atom. The van der Waals surface area contributed by atoms with Gasteiger partial charge in [0.05, 0.1) is 54.7 Å². The Morgan fingerprint density at radius 1 is 0.667 bits per heavy atom. The van der Waals surface area contributed by atoms with E-state index in [2.05, 4.69) is 45.1 Å². The van der Waals surface area contributed by atoms with E-state index in [-0.39, 0.29) is 33.9 Å². The van der Waals surface area contributed by atoms with Gasteiger partial charge in [0.1, 0.15) is 18.1 Å². The number of carbonyl (C=O) groups is 2. The summed E-state index contributed by atoms with van der Waals surface area (Å²) in [6, 6.07) is 10.00. The van der Waals surface area contributed by atoms with Crippen LogP contribution in [0, 0.1) is 13.8 Å². The molecule has 6 aromatic heterocycles. The second-order valence-electron chi connectivity index (χ2n) is 14.6. The Bertz CT molecular complexity index is 3540. The molecular formula is C42H30Cl2F6N10O7S2. The number of methoxy groups -OCH3 is 1. The average molecular weight is 1040 g/mol. The highest BCUT2D eigenvalue weighted by Gasteiger charge is 2.38. The summed E-state index contributed by atoms with van der Waals surface area (Å²) in [5.74, 6) is -1.28. The zero-order chi connectivity index (χ0) is 50.2. The minimum absolute atomic E-state index is 0.145. The van der Waals surface area contributed by atoms with Gasteiger partial charge in [-0.2, -0.15) is 36.5 Å². The van der Waals surface area contributed by atoms with Crippen molar-refractivity contribution in [3.05, 3.63) is 153 Å². The van der Waals surface area contributed by atoms with E-state index in [0.29, 0.717) is 49.6 Å². The van der Waals surface area contributed by atoms with Crippen LogP contribution in [0.1, 0.15) is 54.4 Å². The number of nitrogens with one attached hydrogen (secondary N) is 3. The van der Waals surface area contributed by atoms with E-state index < -0.39 is 81.7 Å². The largest absolute Gasteiger partial charge is 0.417 e. The first-order valence-corrected chi connectivity index (χ1v) is 23.0. The van der Waals surface area contributed by atoms with Crippen LogP contribution >= 0.6 is 23.2 Å². The number of hydrogen-bond donors (Lipinski definition) is 3. The predicted octanol–water partition coefficient (Wildman–Crippen LogP) is 8.73. The number of anilines is 2. The molecule has 3 N–H and O–H groups in total. The van der Waals surface area contributed by atoms with Gasteiger partial charge in [-0.05, 0) is 85.6 Å². The number of pyridine rings is 4. The molecule has 0 aliphatic rings. The molecule has 69 heavy (non-hydrogen) atoms. The maximum atomic E-state index is 13.6. The maximum Gasteiger partial charge on any atom is 0.417 e. The standard InChI is InChI=1S/C22H17ClF3N5O4S.C20H13ClF3N5O3S/c1-12-7-18(19(28-9-12)20(32)14-5-6-27-21-15(14)10-29-30-21)31(11-35-2)36(33,34)13-3-4-17(23)16(8-13)22(24,25)26;1-10-6-16(29-33(31,32)11-2-3-15(21)14(7-11)20(22,23)24)17(26-8-10)18(30)12-4-5-25-19-13(12)9-27-28-19/h3-10H,11H2,1-2H3,(H,27,29,30);2-9,29H,1H3,(H,25,27,28). The average Bonchev–Trinajstić information content (AvgIpc) is 3.98. The SMILES string of the molecule is COCN(c1cc(C)cnc1C(=O)c1ccnc2[nH]ncc12)S(=O)(=O)c1ccc(Cl)c(C(F)(F)F)c1.Cc1cnc(C(=O)c2ccnc3[nH]ncc23)c(NS(=O)(=O)c2ccc(Cl)c(C(F)(F)F)c2)c1. The Labute approximate surface area is 396 Å². The topological polar surface area (TPSA) is 236 Å². The van der Waals surface area contributed by atoms with Gasteiger partial charge in [0, 0.05) is 53.8 Å². The molecule has 2 aromatic carbocycles. The van der Waals surface area contributed by atoms with Crippen molar-refractivity contribution >= 4 is 88.3 Å². The van der Waals surface area contributed by atoms with Gasteiger partial charge >= 0.3 is 12.4 Å². The number of rotatable bonds is 12. The van der Waals surface area contributed by atoms with E-state index >= 15 is 0 Å². The van der Waals surface area contributed by atoms with Crippen molar-refractivity contribution in [1.82, 2.24) is 40.3 Å². The Kier molecular flexibility index (Phi) is 13.8. The van der Waals surface area contributed by atoms with E-state index in [1.807, 2.05) is 0 Å². The second kappa shape index (κ2) is 19.1. The molecule has 27 heteroatoms. The molecule has 8 rings (SSSR count). The molecule has 8 aromatic rings. The molecule has 0 atom stereocenters. The summed E-state index contributed by atoms with van der Waals surface area (Å²) in [5.41, 5.74) is -1.52. The summed E-state index contributed by atoms with van der Waals surface area (Å²) >= 11 is 11.2. The highest BCUT2D eigenvalue weighted by Crippen LogP contribution is 2.39. The van der Waals surface area contributed by atoms with Gasteiger partial charge in [-0.15, -0.1) is 0 Å². The van der Waals surface area contributed by atoms with Gasteiger partial charge < -0.3 is 4.74 Å². The number of aromatic nitrogens is 8. The first-order valence-electron chi connectivity index (χ1n) is 19.3. The van der Waals surface area contributed by atoms with Crippen molar-refractivity contribution in [3.63, 3.8) is 0 Å². The third kappa shape index (κ3) is 10.4. The van der Waals surface area contributed by atoms with Crippen LogP contribution in [-0.2, 0) is 37.1 Å². The molecule has 6 heterocycles. The van der Waals surface area contributed by atoms with Crippen molar-refractivity contribution in [2.24, 2.45) is 0 Å². The number of nitrogens with zero attached hydrogens (tertiary/aromatic N) is 7. The summed E-state index contributed by atoms with van der Waals surface area (Å²) in [7, 11) is -8.00. The third-order valence-electron chi connectivity index (χ3n) is 9.80. The van der Waals surface area contributed by atoms with E-state index in [1.54, 1.807) is 13.8 Å². The first-order chi connectivity index (χ1) is 32.4. The molecule has 0 unspecified atom stereocenters. The molecule has 0 amide bonds. The van der Waals surface area contributed by atoms with Crippen molar-refractivity contribution in [2.45, 2.75) is 36.0 Å². The molecule has 0 saturated carbocycles. The van der Waals surface area contributed by atoms with Crippen molar-refractivity contribution in [3.8, 4) is 0 Å². The van der Waals surface area contributed by atoms with Crippen LogP contribution in [0.3, 0.4) is 0 Å². The van der Waals surface area contributed by atoms with Crippen LogP contribution in [0.2, 0.25) is 10.0 Å². The van der Waals surface area contributed by atoms with E-state index in [9.17, 15) is 52.8 Å². The number of carbonyl (C=O) groups excluding carboxylic acids is 2. The number of sulfonamides is 2. The lowest BCUT2D eigenvalue weighted by atomic mass is 10.0. The minimum atomic E-state index is -4.89. The van der Waals surface area contributed by atoms with E-state index in [1.165, 1.54) is 68.6 Å². The number of fused-ring (bicyclic) bond motifs is 2. The zero-order valence-electron chi connectivity index (χ0n) is 35.3. The van der Waals surface area contributed by atoms with Gasteiger partial charge in [-0.3, -0.25) is 34.5 Å². The van der Waals surface area contributed by atoms with Crippen molar-refractivity contribution < 1.29 is 57.5 Å². The van der Waals surface area contributed by atoms with Crippen LogP contribution in [0.25, 0.3) is 22.1 Å². The van der Waals surface area contributed by atoms with E-state index in [0.717, 1.165) is 24.3 Å². The number of benzene rings is 2. The summed E-state index contributed by atoms with van der Waals surface area (Å²) in [4.78, 5) is 41.7. The third-order valence-corrected chi connectivity index (χ3v) is 13.6. The number of ether oxygens (including phenoxy) is 1. The molecule has 0 aliphatic carbocycles. The highest BCUT2D eigenvalue weighted by molar-refractivity contribution is 7.93. The predicted molar refractivity (Wildman–Crippen MR) is 238 cm³/mol. The van der Waals surface area contributed by atoms with Gasteiger partial charge in [0.15, 0.2) is 11.3 Å². The van der Waals surface area contributed by atoms with Gasteiger partial charge in [-0.1, -0.05) is 23.2 Å². The molecule has 0 fully saturated rings. The lowest BCUT2D eigenvalue weighted by Crippen LogP contribution is -2.34. The number of halogens is 8. The Balaban J connectivity index is 0.000000205. The van der Waals surface area contributed by atoms with Crippen molar-refractivity contribution in [1.29, 1.82) is 0 Å². The van der Waals surface area contributed by atoms with Crippen LogP contribution in [0.15, 0.2) is 108 Å². The minimum Gasteiger partial charge on any atom is -0.363 e. The van der Waals surface area contributed by atoms with E-state index in [4.69, 9.17) is 27.9 Å². The number of alkyl halides is 6.